The molecule has 1 unspecified atom stereocenters. The van der Waals surface area contributed by atoms with Crippen molar-refractivity contribution in [3.8, 4) is 0 Å². The molecule has 1 N–H and O–H groups in total. The van der Waals surface area contributed by atoms with Gasteiger partial charge in [-0.05, 0) is 49.3 Å². The molecule has 3 nitrogen and oxygen atoms in total. The highest BCUT2D eigenvalue weighted by Crippen LogP contribution is 2.26. The van der Waals surface area contributed by atoms with Gasteiger partial charge in [-0.25, -0.2) is 0 Å². The number of amides is 1. The molecule has 1 aliphatic rings. The maximum absolute atomic E-state index is 12.9. The first-order chi connectivity index (χ1) is 10.2. The number of benzene rings is 1. The number of fused-ring (bicyclic) bond motifs is 1. The van der Waals surface area contributed by atoms with Crippen LogP contribution < -0.4 is 0 Å². The molecule has 1 atom stereocenters. The fourth-order valence-corrected chi connectivity index (χ4v) is 3.43. The van der Waals surface area contributed by atoms with Crippen LogP contribution in [0.4, 0.5) is 0 Å². The molecule has 2 heterocycles. The van der Waals surface area contributed by atoms with Crippen molar-refractivity contribution in [3.05, 3.63) is 36.0 Å². The average molecular weight is 284 g/mol. The highest BCUT2D eigenvalue weighted by molar-refractivity contribution is 6.06. The first kappa shape index (κ1) is 14.2. The van der Waals surface area contributed by atoms with Crippen LogP contribution in [0.3, 0.4) is 0 Å². The molecule has 1 aromatic heterocycles. The van der Waals surface area contributed by atoms with Gasteiger partial charge in [-0.2, -0.15) is 0 Å². The summed E-state index contributed by atoms with van der Waals surface area (Å²) in [5.74, 6) is 1.66. The number of hydrogen-bond acceptors (Lipinski definition) is 1. The van der Waals surface area contributed by atoms with Crippen LogP contribution in [0, 0.1) is 11.8 Å². The number of nitrogens with one attached hydrogen (secondary N) is 1. The third-order valence-corrected chi connectivity index (χ3v) is 4.83. The van der Waals surface area contributed by atoms with E-state index in [4.69, 9.17) is 0 Å². The van der Waals surface area contributed by atoms with E-state index in [9.17, 15) is 4.79 Å². The summed E-state index contributed by atoms with van der Waals surface area (Å²) in [4.78, 5) is 18.1. The Morgan fingerprint density at radius 2 is 2.10 bits per heavy atom. The number of rotatable bonds is 2. The number of likely N-dealkylation sites (tertiary alicyclic amines) is 1. The number of aromatic amines is 1. The molecule has 1 saturated heterocycles. The van der Waals surface area contributed by atoms with Crippen LogP contribution >= 0.6 is 0 Å². The Labute approximate surface area is 126 Å². The third kappa shape index (κ3) is 2.82. The predicted octanol–water partition coefficient (Wildman–Crippen LogP) is 4.07. The van der Waals surface area contributed by atoms with Gasteiger partial charge in [-0.1, -0.05) is 19.9 Å². The van der Waals surface area contributed by atoms with Crippen molar-refractivity contribution in [3.63, 3.8) is 0 Å². The molecule has 0 spiro atoms. The lowest BCUT2D eigenvalue weighted by atomic mass is 9.89. The fraction of sp³-hybridized carbons (Fsp3) is 0.500. The first-order valence-electron chi connectivity index (χ1n) is 8.02. The van der Waals surface area contributed by atoms with E-state index in [0.29, 0.717) is 5.92 Å². The van der Waals surface area contributed by atoms with E-state index in [1.165, 1.54) is 6.42 Å². The largest absolute Gasteiger partial charge is 0.361 e. The molecule has 3 rings (SSSR count). The van der Waals surface area contributed by atoms with Crippen LogP contribution in [0.2, 0.25) is 0 Å². The molecule has 0 radical (unpaired) electrons. The van der Waals surface area contributed by atoms with Crippen molar-refractivity contribution in [1.29, 1.82) is 0 Å². The van der Waals surface area contributed by atoms with Crippen molar-refractivity contribution in [2.75, 3.05) is 13.1 Å². The van der Waals surface area contributed by atoms with Gasteiger partial charge in [0.1, 0.15) is 0 Å². The zero-order valence-electron chi connectivity index (χ0n) is 12.9. The number of aromatic nitrogens is 1. The van der Waals surface area contributed by atoms with Crippen LogP contribution in [0.1, 0.15) is 43.5 Å². The molecule has 112 valence electrons. The van der Waals surface area contributed by atoms with Crippen molar-refractivity contribution in [2.45, 2.75) is 33.1 Å². The van der Waals surface area contributed by atoms with E-state index >= 15 is 0 Å². The topological polar surface area (TPSA) is 36.1 Å². The van der Waals surface area contributed by atoms with Gasteiger partial charge >= 0.3 is 0 Å². The van der Waals surface area contributed by atoms with E-state index in [-0.39, 0.29) is 5.91 Å². The quantitative estimate of drug-likeness (QED) is 0.886. The summed E-state index contributed by atoms with van der Waals surface area (Å²) in [6.07, 6.45) is 5.40. The number of nitrogens with zero attached hydrogens (tertiary/aromatic N) is 1. The van der Waals surface area contributed by atoms with E-state index in [1.807, 2.05) is 35.4 Å². The summed E-state index contributed by atoms with van der Waals surface area (Å²) in [5.41, 5.74) is 1.87. The number of H-pyrrole nitrogens is 1. The van der Waals surface area contributed by atoms with E-state index in [2.05, 4.69) is 18.8 Å². The molecular weight excluding hydrogens is 260 g/mol. The Bertz CT molecular complexity index is 629. The van der Waals surface area contributed by atoms with Gasteiger partial charge < -0.3 is 9.88 Å². The van der Waals surface area contributed by atoms with Crippen LogP contribution in [-0.4, -0.2) is 28.9 Å². The van der Waals surface area contributed by atoms with E-state index < -0.39 is 0 Å². The minimum absolute atomic E-state index is 0.185. The van der Waals surface area contributed by atoms with Gasteiger partial charge in [0.2, 0.25) is 0 Å². The summed E-state index contributed by atoms with van der Waals surface area (Å²) in [6, 6.07) is 7.92. The summed E-state index contributed by atoms with van der Waals surface area (Å²) in [5, 5.41) is 1.03. The smallest absolute Gasteiger partial charge is 0.254 e. The first-order valence-corrected chi connectivity index (χ1v) is 8.02. The van der Waals surface area contributed by atoms with Gasteiger partial charge in [-0.3, -0.25) is 4.79 Å². The zero-order valence-corrected chi connectivity index (χ0v) is 12.9. The summed E-state index contributed by atoms with van der Waals surface area (Å²) >= 11 is 0. The fourth-order valence-electron chi connectivity index (χ4n) is 3.43. The summed E-state index contributed by atoms with van der Waals surface area (Å²) < 4.78 is 0. The Kier molecular flexibility index (Phi) is 4.00. The minimum Gasteiger partial charge on any atom is -0.361 e. The third-order valence-electron chi connectivity index (χ3n) is 4.83. The molecular formula is C18H24N2O. The zero-order chi connectivity index (χ0) is 14.8. The van der Waals surface area contributed by atoms with Gasteiger partial charge in [0.05, 0.1) is 0 Å². The second-order valence-electron chi connectivity index (χ2n) is 6.47. The second-order valence-corrected chi connectivity index (χ2v) is 6.47. The molecule has 3 heteroatoms. The van der Waals surface area contributed by atoms with Crippen molar-refractivity contribution < 1.29 is 4.79 Å². The lowest BCUT2D eigenvalue weighted by Crippen LogP contribution is -2.32. The monoisotopic (exact) mass is 284 g/mol. The van der Waals surface area contributed by atoms with Gasteiger partial charge in [0.25, 0.3) is 5.91 Å². The summed E-state index contributed by atoms with van der Waals surface area (Å²) in [7, 11) is 0. The lowest BCUT2D eigenvalue weighted by molar-refractivity contribution is 0.0761. The summed E-state index contributed by atoms with van der Waals surface area (Å²) in [6.45, 7) is 6.37. The Balaban J connectivity index is 1.80. The predicted molar refractivity (Wildman–Crippen MR) is 86.4 cm³/mol. The molecule has 1 aliphatic heterocycles. The van der Waals surface area contributed by atoms with Crippen LogP contribution in [0.25, 0.3) is 10.9 Å². The SMILES string of the molecule is CC(C)C1CCCN(C(=O)c2cccc3[nH]ccc23)CC1. The Morgan fingerprint density at radius 1 is 1.24 bits per heavy atom. The van der Waals surface area contributed by atoms with Crippen LogP contribution in [-0.2, 0) is 0 Å². The van der Waals surface area contributed by atoms with Crippen LogP contribution in [0.5, 0.6) is 0 Å². The van der Waals surface area contributed by atoms with Gasteiger partial charge in [0.15, 0.2) is 0 Å². The molecule has 0 aliphatic carbocycles. The lowest BCUT2D eigenvalue weighted by Gasteiger charge is -2.22. The van der Waals surface area contributed by atoms with E-state index in [1.54, 1.807) is 0 Å². The maximum Gasteiger partial charge on any atom is 0.254 e. The van der Waals surface area contributed by atoms with Crippen LogP contribution in [0.15, 0.2) is 30.5 Å². The van der Waals surface area contributed by atoms with Crippen molar-refractivity contribution in [2.24, 2.45) is 11.8 Å². The molecule has 1 aromatic carbocycles. The van der Waals surface area contributed by atoms with Gasteiger partial charge in [0, 0.05) is 35.8 Å². The normalized spacial score (nSPS) is 20.0. The Hall–Kier alpha value is -1.77. The minimum atomic E-state index is 0.185. The molecule has 0 bridgehead atoms. The number of carbonyl (C=O) groups excluding carboxylic acids is 1. The molecule has 21 heavy (non-hydrogen) atoms. The second kappa shape index (κ2) is 5.92. The van der Waals surface area contributed by atoms with Crippen molar-refractivity contribution >= 4 is 16.8 Å². The maximum atomic E-state index is 12.9. The van der Waals surface area contributed by atoms with E-state index in [0.717, 1.165) is 48.3 Å². The molecule has 1 fully saturated rings. The number of carbonyl (C=O) groups is 1. The standard InChI is InChI=1S/C18H24N2O/c1-13(2)14-5-4-11-20(12-9-14)18(21)16-6-3-7-17-15(16)8-10-19-17/h3,6-8,10,13-14,19H,4-5,9,11-12H2,1-2H3. The number of hydrogen-bond donors (Lipinski definition) is 1. The molecule has 2 aromatic rings. The van der Waals surface area contributed by atoms with Gasteiger partial charge in [-0.15, -0.1) is 0 Å². The highest BCUT2D eigenvalue weighted by Gasteiger charge is 2.24. The molecule has 1 amide bonds. The van der Waals surface area contributed by atoms with Crippen molar-refractivity contribution in [1.82, 2.24) is 9.88 Å². The Morgan fingerprint density at radius 3 is 2.90 bits per heavy atom. The average Bonchev–Trinajstić information content (AvgIpc) is 2.81. The molecule has 0 saturated carbocycles. The highest BCUT2D eigenvalue weighted by atomic mass is 16.2.